The fraction of sp³-hybridized carbons (Fsp3) is 0.500. The van der Waals surface area contributed by atoms with Crippen LogP contribution in [0.5, 0.6) is 0 Å². The molecule has 122 valence electrons. The Hall–Kier alpha value is -2.28. The van der Waals surface area contributed by atoms with Crippen molar-refractivity contribution in [2.75, 3.05) is 33.2 Å². The molecule has 7 nitrogen and oxygen atoms in total. The molecule has 1 aliphatic rings. The molecule has 1 aromatic carbocycles. The van der Waals surface area contributed by atoms with Crippen molar-refractivity contribution in [2.24, 2.45) is 0 Å². The van der Waals surface area contributed by atoms with Gasteiger partial charge in [-0.15, -0.1) is 5.10 Å². The number of carbonyl (C=O) groups is 1. The van der Waals surface area contributed by atoms with Gasteiger partial charge >= 0.3 is 0 Å². The van der Waals surface area contributed by atoms with Crippen molar-refractivity contribution in [3.63, 3.8) is 0 Å². The Labute approximate surface area is 134 Å². The number of quaternary nitrogens is 1. The average molecular weight is 316 g/mol. The number of carbonyl (C=O) groups excluding carboxylic acids is 1. The monoisotopic (exact) mass is 316 g/mol. The number of amides is 1. The maximum absolute atomic E-state index is 12.8. The fourth-order valence-electron chi connectivity index (χ4n) is 2.98. The second kappa shape index (κ2) is 6.45. The first-order chi connectivity index (χ1) is 11.1. The SMILES string of the molecule is CC[C@@H](C(=O)N1CC[NH+](C)CC1)n1nnc2ccccc2c1=O. The molecule has 1 aliphatic heterocycles. The Morgan fingerprint density at radius 3 is 2.70 bits per heavy atom. The molecular weight excluding hydrogens is 294 g/mol. The zero-order valence-corrected chi connectivity index (χ0v) is 13.5. The van der Waals surface area contributed by atoms with Crippen molar-refractivity contribution < 1.29 is 9.69 Å². The van der Waals surface area contributed by atoms with Gasteiger partial charge in [0, 0.05) is 0 Å². The largest absolute Gasteiger partial charge is 0.334 e. The van der Waals surface area contributed by atoms with E-state index in [1.54, 1.807) is 18.2 Å². The third-order valence-electron chi connectivity index (χ3n) is 4.49. The number of hydrogen-bond acceptors (Lipinski definition) is 4. The van der Waals surface area contributed by atoms with Crippen LogP contribution in [0, 0.1) is 0 Å². The molecule has 1 N–H and O–H groups in total. The maximum atomic E-state index is 12.8. The number of rotatable bonds is 3. The van der Waals surface area contributed by atoms with Gasteiger partial charge in [0.25, 0.3) is 5.56 Å². The fourth-order valence-corrected chi connectivity index (χ4v) is 2.98. The van der Waals surface area contributed by atoms with E-state index in [-0.39, 0.29) is 11.5 Å². The molecule has 2 aromatic rings. The summed E-state index contributed by atoms with van der Waals surface area (Å²) in [5.74, 6) is -0.0355. The number of aromatic nitrogens is 3. The third kappa shape index (κ3) is 2.96. The quantitative estimate of drug-likeness (QED) is 0.796. The van der Waals surface area contributed by atoms with Crippen LogP contribution in [0.25, 0.3) is 10.9 Å². The van der Waals surface area contributed by atoms with Gasteiger partial charge in [-0.3, -0.25) is 9.59 Å². The van der Waals surface area contributed by atoms with Gasteiger partial charge in [0.15, 0.2) is 0 Å². The lowest BCUT2D eigenvalue weighted by Crippen LogP contribution is -3.12. The topological polar surface area (TPSA) is 72.5 Å². The molecule has 0 spiro atoms. The number of fused-ring (bicyclic) bond motifs is 1. The van der Waals surface area contributed by atoms with Crippen molar-refractivity contribution in [2.45, 2.75) is 19.4 Å². The predicted molar refractivity (Wildman–Crippen MR) is 86.3 cm³/mol. The van der Waals surface area contributed by atoms with Crippen molar-refractivity contribution in [3.05, 3.63) is 34.6 Å². The normalized spacial score (nSPS) is 17.4. The van der Waals surface area contributed by atoms with Crippen LogP contribution in [-0.4, -0.2) is 59.0 Å². The second-order valence-electron chi connectivity index (χ2n) is 6.06. The van der Waals surface area contributed by atoms with Gasteiger partial charge in [0.1, 0.15) is 11.6 Å². The number of piperazine rings is 1. The summed E-state index contributed by atoms with van der Waals surface area (Å²) in [5, 5.41) is 8.60. The first-order valence-electron chi connectivity index (χ1n) is 8.06. The van der Waals surface area contributed by atoms with E-state index < -0.39 is 6.04 Å². The van der Waals surface area contributed by atoms with Crippen LogP contribution in [-0.2, 0) is 4.79 Å². The molecule has 1 amide bonds. The molecule has 0 unspecified atom stereocenters. The van der Waals surface area contributed by atoms with Crippen LogP contribution in [0.2, 0.25) is 0 Å². The summed E-state index contributed by atoms with van der Waals surface area (Å²) < 4.78 is 1.25. The van der Waals surface area contributed by atoms with E-state index in [0.29, 0.717) is 17.3 Å². The molecule has 7 heteroatoms. The minimum absolute atomic E-state index is 0.0355. The summed E-state index contributed by atoms with van der Waals surface area (Å²) in [7, 11) is 2.12. The Kier molecular flexibility index (Phi) is 4.38. The Bertz CT molecular complexity index is 764. The minimum Gasteiger partial charge on any atom is -0.334 e. The summed E-state index contributed by atoms with van der Waals surface area (Å²) >= 11 is 0. The molecule has 1 aromatic heterocycles. The zero-order valence-electron chi connectivity index (χ0n) is 13.5. The van der Waals surface area contributed by atoms with Crippen molar-refractivity contribution in [1.82, 2.24) is 19.9 Å². The Morgan fingerprint density at radius 1 is 1.30 bits per heavy atom. The third-order valence-corrected chi connectivity index (χ3v) is 4.49. The lowest BCUT2D eigenvalue weighted by molar-refractivity contribution is -0.883. The van der Waals surface area contributed by atoms with E-state index in [0.717, 1.165) is 26.2 Å². The van der Waals surface area contributed by atoms with Gasteiger partial charge < -0.3 is 9.80 Å². The second-order valence-corrected chi connectivity index (χ2v) is 6.06. The number of benzene rings is 1. The van der Waals surface area contributed by atoms with Crippen LogP contribution in [0.1, 0.15) is 19.4 Å². The van der Waals surface area contributed by atoms with E-state index in [9.17, 15) is 9.59 Å². The van der Waals surface area contributed by atoms with Gasteiger partial charge in [-0.25, -0.2) is 0 Å². The van der Waals surface area contributed by atoms with Crippen LogP contribution >= 0.6 is 0 Å². The van der Waals surface area contributed by atoms with Crippen LogP contribution in [0.15, 0.2) is 29.1 Å². The molecule has 3 rings (SSSR count). The minimum atomic E-state index is -0.585. The number of hydrogen-bond donors (Lipinski definition) is 1. The standard InChI is InChI=1S/C16H21N5O2/c1-3-14(16(23)20-10-8-19(2)9-11-20)21-15(22)12-6-4-5-7-13(12)17-18-21/h4-7,14H,3,8-11H2,1-2H3/p+1/t14-/m0/s1. The number of nitrogens with one attached hydrogen (secondary N) is 1. The molecule has 23 heavy (non-hydrogen) atoms. The molecule has 0 aliphatic carbocycles. The lowest BCUT2D eigenvalue weighted by Gasteiger charge is -2.32. The van der Waals surface area contributed by atoms with Crippen LogP contribution in [0.4, 0.5) is 0 Å². The summed E-state index contributed by atoms with van der Waals surface area (Å²) in [4.78, 5) is 28.7. The first kappa shape index (κ1) is 15.6. The van der Waals surface area contributed by atoms with Gasteiger partial charge in [-0.2, -0.15) is 4.68 Å². The van der Waals surface area contributed by atoms with Crippen molar-refractivity contribution in [3.8, 4) is 0 Å². The highest BCUT2D eigenvalue weighted by Gasteiger charge is 2.29. The van der Waals surface area contributed by atoms with Gasteiger partial charge in [0.05, 0.1) is 38.6 Å². The lowest BCUT2D eigenvalue weighted by atomic mass is 10.1. The molecule has 0 radical (unpaired) electrons. The van der Waals surface area contributed by atoms with E-state index in [2.05, 4.69) is 17.4 Å². The average Bonchev–Trinajstić information content (AvgIpc) is 2.58. The molecule has 1 fully saturated rings. The van der Waals surface area contributed by atoms with Crippen LogP contribution < -0.4 is 10.5 Å². The summed E-state index contributed by atoms with van der Waals surface area (Å²) in [5.41, 5.74) is 0.301. The van der Waals surface area contributed by atoms with E-state index in [1.807, 2.05) is 17.9 Å². The Balaban J connectivity index is 1.93. The zero-order chi connectivity index (χ0) is 16.4. The van der Waals surface area contributed by atoms with Crippen molar-refractivity contribution >= 4 is 16.8 Å². The smallest absolute Gasteiger partial charge is 0.278 e. The van der Waals surface area contributed by atoms with E-state index >= 15 is 0 Å². The summed E-state index contributed by atoms with van der Waals surface area (Å²) in [6.45, 7) is 5.20. The number of nitrogens with zero attached hydrogens (tertiary/aromatic N) is 4. The van der Waals surface area contributed by atoms with E-state index in [1.165, 1.54) is 9.58 Å². The summed E-state index contributed by atoms with van der Waals surface area (Å²) in [6, 6.07) is 6.50. The molecular formula is C16H22N5O2+. The van der Waals surface area contributed by atoms with Crippen LogP contribution in [0.3, 0.4) is 0 Å². The van der Waals surface area contributed by atoms with E-state index in [4.69, 9.17) is 0 Å². The molecule has 1 atom stereocenters. The molecule has 2 heterocycles. The summed E-state index contributed by atoms with van der Waals surface area (Å²) in [6.07, 6.45) is 0.519. The number of likely N-dealkylation sites (N-methyl/N-ethyl adjacent to an activating group) is 1. The molecule has 1 saturated heterocycles. The highest BCUT2D eigenvalue weighted by Crippen LogP contribution is 2.13. The highest BCUT2D eigenvalue weighted by molar-refractivity contribution is 5.81. The van der Waals surface area contributed by atoms with Gasteiger partial charge in [-0.05, 0) is 18.6 Å². The predicted octanol–water partition coefficient (Wildman–Crippen LogP) is -0.900. The van der Waals surface area contributed by atoms with Gasteiger partial charge in [-0.1, -0.05) is 24.3 Å². The highest BCUT2D eigenvalue weighted by atomic mass is 16.2. The molecule has 0 saturated carbocycles. The Morgan fingerprint density at radius 2 is 2.00 bits per heavy atom. The maximum Gasteiger partial charge on any atom is 0.278 e. The molecule has 0 bridgehead atoms. The first-order valence-corrected chi connectivity index (χ1v) is 8.06. The van der Waals surface area contributed by atoms with Crippen molar-refractivity contribution in [1.29, 1.82) is 0 Å². The van der Waals surface area contributed by atoms with Gasteiger partial charge in [0.2, 0.25) is 5.91 Å².